The van der Waals surface area contributed by atoms with Crippen LogP contribution in [0, 0.1) is 12.3 Å². The highest BCUT2D eigenvalue weighted by molar-refractivity contribution is 6.31. The Morgan fingerprint density at radius 2 is 1.64 bits per heavy atom. The predicted octanol–water partition coefficient (Wildman–Crippen LogP) is 7.51. The van der Waals surface area contributed by atoms with Crippen LogP contribution < -0.4 is 16.0 Å². The molecule has 0 atom stereocenters. The van der Waals surface area contributed by atoms with Gasteiger partial charge in [-0.1, -0.05) is 50.6 Å². The van der Waals surface area contributed by atoms with Crippen LogP contribution in [0.5, 0.6) is 0 Å². The molecule has 0 saturated heterocycles. The summed E-state index contributed by atoms with van der Waals surface area (Å²) in [6.45, 7) is 8.46. The van der Waals surface area contributed by atoms with Crippen molar-refractivity contribution in [3.8, 4) is 0 Å². The van der Waals surface area contributed by atoms with E-state index in [0.29, 0.717) is 39.8 Å². The molecule has 0 aliphatic heterocycles. The van der Waals surface area contributed by atoms with E-state index in [1.54, 1.807) is 25.1 Å². The molecule has 204 valence electrons. The first kappa shape index (κ1) is 28.0. The van der Waals surface area contributed by atoms with Crippen LogP contribution >= 0.6 is 11.6 Å². The fraction of sp³-hybridized carbons (Fsp3) is 0.250. The molecule has 39 heavy (non-hydrogen) atoms. The Balaban J connectivity index is 1.74. The minimum Gasteiger partial charge on any atom is -0.355 e. The largest absolute Gasteiger partial charge is 0.417 e. The van der Waals surface area contributed by atoms with Crippen molar-refractivity contribution in [3.63, 3.8) is 0 Å². The molecule has 0 unspecified atom stereocenters. The average molecular weight is 558 g/mol. The molecule has 3 aromatic carbocycles. The van der Waals surface area contributed by atoms with Gasteiger partial charge >= 0.3 is 6.18 Å². The van der Waals surface area contributed by atoms with Gasteiger partial charge in [0.25, 0.3) is 11.8 Å². The molecule has 4 N–H and O–H groups in total. The molecule has 4 aromatic rings. The lowest BCUT2D eigenvalue weighted by atomic mass is 9.97. The van der Waals surface area contributed by atoms with Crippen LogP contribution in [0.1, 0.15) is 52.6 Å². The molecule has 0 bridgehead atoms. The van der Waals surface area contributed by atoms with Gasteiger partial charge in [0.1, 0.15) is 5.52 Å². The first-order chi connectivity index (χ1) is 18.2. The molecule has 7 nitrogen and oxygen atoms in total. The van der Waals surface area contributed by atoms with E-state index in [9.17, 15) is 22.8 Å². The number of carbonyl (C=O) groups excluding carboxylic acids is 2. The van der Waals surface area contributed by atoms with Gasteiger partial charge in [-0.25, -0.2) is 4.98 Å². The molecule has 0 aliphatic rings. The number of imidazole rings is 1. The monoisotopic (exact) mass is 557 g/mol. The van der Waals surface area contributed by atoms with Gasteiger partial charge in [0, 0.05) is 22.9 Å². The first-order valence-corrected chi connectivity index (χ1v) is 12.4. The molecule has 2 amide bonds. The van der Waals surface area contributed by atoms with Gasteiger partial charge in [0.15, 0.2) is 0 Å². The lowest BCUT2D eigenvalue weighted by Crippen LogP contribution is -2.19. The van der Waals surface area contributed by atoms with Crippen molar-refractivity contribution in [2.45, 2.75) is 33.9 Å². The molecule has 0 saturated carbocycles. The van der Waals surface area contributed by atoms with Crippen LogP contribution in [0.2, 0.25) is 5.02 Å². The summed E-state index contributed by atoms with van der Waals surface area (Å²) in [5.74, 6) is -1.10. The van der Waals surface area contributed by atoms with E-state index in [1.807, 2.05) is 20.8 Å². The van der Waals surface area contributed by atoms with E-state index in [4.69, 9.17) is 11.6 Å². The summed E-state index contributed by atoms with van der Waals surface area (Å²) in [6.07, 6.45) is -4.71. The number of benzene rings is 3. The molecular weight excluding hydrogens is 531 g/mol. The first-order valence-electron chi connectivity index (χ1n) is 12.0. The van der Waals surface area contributed by atoms with Gasteiger partial charge in [-0.3, -0.25) is 9.59 Å². The normalized spacial score (nSPS) is 11.9. The van der Waals surface area contributed by atoms with Crippen molar-refractivity contribution in [3.05, 3.63) is 81.9 Å². The van der Waals surface area contributed by atoms with Crippen molar-refractivity contribution >= 4 is 51.8 Å². The summed E-state index contributed by atoms with van der Waals surface area (Å²) in [5.41, 5.74) is 0.417. The smallest absolute Gasteiger partial charge is 0.355 e. The van der Waals surface area contributed by atoms with Crippen LogP contribution in [0.15, 0.2) is 54.6 Å². The lowest BCUT2D eigenvalue weighted by molar-refractivity contribution is -0.137. The van der Waals surface area contributed by atoms with E-state index < -0.39 is 29.1 Å². The number of aromatic nitrogens is 2. The zero-order valence-electron chi connectivity index (χ0n) is 21.7. The number of halogens is 4. The van der Waals surface area contributed by atoms with Gasteiger partial charge in [0.05, 0.1) is 22.2 Å². The molecule has 11 heteroatoms. The van der Waals surface area contributed by atoms with E-state index in [0.717, 1.165) is 12.1 Å². The van der Waals surface area contributed by atoms with Crippen LogP contribution in [0.3, 0.4) is 0 Å². The topological polar surface area (TPSA) is 98.9 Å². The second-order valence-electron chi connectivity index (χ2n) is 10.3. The fourth-order valence-corrected chi connectivity index (χ4v) is 4.03. The van der Waals surface area contributed by atoms with Gasteiger partial charge < -0.3 is 20.9 Å². The number of amides is 2. The predicted molar refractivity (Wildman–Crippen MR) is 148 cm³/mol. The summed E-state index contributed by atoms with van der Waals surface area (Å²) in [6, 6.07) is 12.5. The van der Waals surface area contributed by atoms with E-state index >= 15 is 0 Å². The van der Waals surface area contributed by atoms with Crippen molar-refractivity contribution in [1.29, 1.82) is 0 Å². The zero-order valence-corrected chi connectivity index (χ0v) is 22.4. The number of nitrogens with zero attached hydrogens (tertiary/aromatic N) is 1. The number of rotatable bonds is 6. The third-order valence-electron chi connectivity index (χ3n) is 5.87. The van der Waals surface area contributed by atoms with Crippen LogP contribution in [0.4, 0.5) is 30.5 Å². The van der Waals surface area contributed by atoms with Crippen molar-refractivity contribution in [2.75, 3.05) is 22.5 Å². The van der Waals surface area contributed by atoms with Crippen molar-refractivity contribution < 1.29 is 22.8 Å². The number of H-pyrrole nitrogens is 1. The third kappa shape index (κ3) is 6.51. The minimum absolute atomic E-state index is 0.0612. The van der Waals surface area contributed by atoms with Gasteiger partial charge in [-0.2, -0.15) is 13.2 Å². The highest BCUT2D eigenvalue weighted by Gasteiger charge is 2.35. The Bertz CT molecular complexity index is 1560. The van der Waals surface area contributed by atoms with Crippen molar-refractivity contribution in [1.82, 2.24) is 9.97 Å². The maximum absolute atomic E-state index is 13.5. The van der Waals surface area contributed by atoms with Gasteiger partial charge in [-0.05, 0) is 54.3 Å². The molecule has 4 rings (SSSR count). The number of alkyl halides is 3. The molecule has 0 spiro atoms. The standard InChI is InChI=1S/C28H27ClF3N5O2/c1-15-20(29)10-7-11-21(15)35-25(39)18-12-16(13-22-23(18)37-26(36-22)33-14-27(2,3)4)34-24(38)17-8-5-6-9-19(17)28(30,31)32/h5-13H,14H2,1-4H3,(H,34,38)(H,35,39)(H2,33,36,37). The Hall–Kier alpha value is -4.05. The quantitative estimate of drug-likeness (QED) is 0.197. The van der Waals surface area contributed by atoms with E-state index in [1.165, 1.54) is 24.3 Å². The molecule has 1 aromatic heterocycles. The number of hydrogen-bond acceptors (Lipinski definition) is 4. The maximum atomic E-state index is 13.5. The number of nitrogens with one attached hydrogen (secondary N) is 4. The Kier molecular flexibility index (Phi) is 7.61. The highest BCUT2D eigenvalue weighted by atomic mass is 35.5. The number of carbonyl (C=O) groups is 2. The second kappa shape index (κ2) is 10.6. The minimum atomic E-state index is -4.71. The lowest BCUT2D eigenvalue weighted by Gasteiger charge is -2.17. The van der Waals surface area contributed by atoms with Gasteiger partial charge in [0.2, 0.25) is 5.95 Å². The molecule has 0 aliphatic carbocycles. The second-order valence-corrected chi connectivity index (χ2v) is 10.7. The summed E-state index contributed by atoms with van der Waals surface area (Å²) in [4.78, 5) is 34.0. The molecule has 1 heterocycles. The Morgan fingerprint density at radius 3 is 2.33 bits per heavy atom. The number of fused-ring (bicyclic) bond motifs is 1. The van der Waals surface area contributed by atoms with E-state index in [-0.39, 0.29) is 16.7 Å². The summed E-state index contributed by atoms with van der Waals surface area (Å²) < 4.78 is 40.5. The van der Waals surface area contributed by atoms with E-state index in [2.05, 4.69) is 25.9 Å². The van der Waals surface area contributed by atoms with Crippen molar-refractivity contribution in [2.24, 2.45) is 5.41 Å². The molecular formula is C28H27ClF3N5O2. The zero-order chi connectivity index (χ0) is 28.5. The highest BCUT2D eigenvalue weighted by Crippen LogP contribution is 2.33. The summed E-state index contributed by atoms with van der Waals surface area (Å²) in [5, 5.41) is 8.96. The molecule has 0 radical (unpaired) electrons. The Labute approximate surface area is 228 Å². The SMILES string of the molecule is Cc1c(Cl)cccc1NC(=O)c1cc(NC(=O)c2ccccc2C(F)(F)F)cc2[nH]c(NCC(C)(C)C)nc12. The number of anilines is 3. The number of aromatic amines is 1. The van der Waals surface area contributed by atoms with Crippen LogP contribution in [-0.2, 0) is 6.18 Å². The molecule has 0 fully saturated rings. The van der Waals surface area contributed by atoms with Gasteiger partial charge in [-0.15, -0.1) is 0 Å². The third-order valence-corrected chi connectivity index (χ3v) is 6.28. The summed E-state index contributed by atoms with van der Waals surface area (Å²) in [7, 11) is 0. The average Bonchev–Trinajstić information content (AvgIpc) is 3.27. The fourth-order valence-electron chi connectivity index (χ4n) is 3.85. The maximum Gasteiger partial charge on any atom is 0.417 e. The summed E-state index contributed by atoms with van der Waals surface area (Å²) >= 11 is 6.19. The Morgan fingerprint density at radius 1 is 0.949 bits per heavy atom. The van der Waals surface area contributed by atoms with Crippen LogP contribution in [0.25, 0.3) is 11.0 Å². The number of hydrogen-bond donors (Lipinski definition) is 4. The van der Waals surface area contributed by atoms with Crippen LogP contribution in [-0.4, -0.2) is 28.3 Å².